The van der Waals surface area contributed by atoms with Crippen molar-refractivity contribution in [2.75, 3.05) is 31.6 Å². The number of anilines is 1. The first-order valence-electron chi connectivity index (χ1n) is 8.73. The van der Waals surface area contributed by atoms with Gasteiger partial charge in [-0.1, -0.05) is 18.2 Å². The zero-order valence-corrected chi connectivity index (χ0v) is 14.2. The molecule has 1 unspecified atom stereocenters. The van der Waals surface area contributed by atoms with Crippen LogP contribution in [0, 0.1) is 5.92 Å². The fourth-order valence-electron chi connectivity index (χ4n) is 2.79. The number of nitrogens with one attached hydrogen (secondary N) is 2. The Morgan fingerprint density at radius 1 is 1.00 bits per heavy atom. The van der Waals surface area contributed by atoms with Crippen LogP contribution in [0.1, 0.15) is 12.8 Å². The van der Waals surface area contributed by atoms with Crippen LogP contribution in [0.5, 0.6) is 11.5 Å². The van der Waals surface area contributed by atoms with Crippen LogP contribution >= 0.6 is 0 Å². The normalized spacial score (nSPS) is 16.9. The van der Waals surface area contributed by atoms with Crippen molar-refractivity contribution in [2.45, 2.75) is 12.8 Å². The van der Waals surface area contributed by atoms with Crippen LogP contribution in [0.4, 0.5) is 5.69 Å². The minimum atomic E-state index is 0.0554. The molecule has 25 heavy (non-hydrogen) atoms. The highest BCUT2D eigenvalue weighted by molar-refractivity contribution is 5.92. The number of carbonyl (C=O) groups is 1. The monoisotopic (exact) mass is 340 g/mol. The Balaban J connectivity index is 1.40. The van der Waals surface area contributed by atoms with Gasteiger partial charge in [-0.3, -0.25) is 4.79 Å². The van der Waals surface area contributed by atoms with E-state index in [1.54, 1.807) is 0 Å². The largest absolute Gasteiger partial charge is 0.490 e. The third kappa shape index (κ3) is 5.50. The second-order valence-electron chi connectivity index (χ2n) is 6.07. The molecule has 2 N–H and O–H groups in total. The lowest BCUT2D eigenvalue weighted by molar-refractivity contribution is -0.120. The van der Waals surface area contributed by atoms with Gasteiger partial charge < -0.3 is 20.1 Å². The fraction of sp³-hybridized carbons (Fsp3) is 0.350. The molecule has 2 aromatic rings. The van der Waals surface area contributed by atoms with Crippen molar-refractivity contribution < 1.29 is 14.3 Å². The van der Waals surface area contributed by atoms with Gasteiger partial charge in [-0.25, -0.2) is 0 Å². The van der Waals surface area contributed by atoms with Crippen molar-refractivity contribution in [3.63, 3.8) is 0 Å². The van der Waals surface area contributed by atoms with E-state index in [0.717, 1.165) is 43.1 Å². The van der Waals surface area contributed by atoms with Gasteiger partial charge in [0, 0.05) is 12.2 Å². The summed E-state index contributed by atoms with van der Waals surface area (Å²) in [5.41, 5.74) is 0.795. The molecule has 3 rings (SSSR count). The number of para-hydroxylation sites is 1. The smallest absolute Gasteiger partial charge is 0.228 e. The van der Waals surface area contributed by atoms with Crippen LogP contribution < -0.4 is 20.1 Å². The minimum absolute atomic E-state index is 0.0554. The zero-order chi connectivity index (χ0) is 17.3. The third-order valence-electron chi connectivity index (χ3n) is 4.15. The molecule has 0 bridgehead atoms. The van der Waals surface area contributed by atoms with E-state index in [9.17, 15) is 4.79 Å². The van der Waals surface area contributed by atoms with Gasteiger partial charge >= 0.3 is 0 Å². The van der Waals surface area contributed by atoms with E-state index in [2.05, 4.69) is 10.6 Å². The molecule has 1 atom stereocenters. The maximum Gasteiger partial charge on any atom is 0.228 e. The molecule has 1 aliphatic rings. The minimum Gasteiger partial charge on any atom is -0.490 e. The van der Waals surface area contributed by atoms with Crippen molar-refractivity contribution in [1.82, 2.24) is 5.32 Å². The van der Waals surface area contributed by atoms with Crippen molar-refractivity contribution in [3.8, 4) is 11.5 Å². The van der Waals surface area contributed by atoms with E-state index in [0.29, 0.717) is 13.2 Å². The van der Waals surface area contributed by atoms with Gasteiger partial charge in [-0.05, 0) is 55.8 Å². The second-order valence-corrected chi connectivity index (χ2v) is 6.07. The van der Waals surface area contributed by atoms with Crippen molar-refractivity contribution in [3.05, 3.63) is 54.6 Å². The van der Waals surface area contributed by atoms with Crippen molar-refractivity contribution in [2.24, 2.45) is 5.92 Å². The molecule has 0 aromatic heterocycles. The van der Waals surface area contributed by atoms with Crippen molar-refractivity contribution in [1.29, 1.82) is 0 Å². The number of carbonyl (C=O) groups excluding carboxylic acids is 1. The Morgan fingerprint density at radius 3 is 2.32 bits per heavy atom. The first kappa shape index (κ1) is 17.3. The third-order valence-corrected chi connectivity index (χ3v) is 4.15. The summed E-state index contributed by atoms with van der Waals surface area (Å²) in [5.74, 6) is 1.73. The van der Waals surface area contributed by atoms with Gasteiger partial charge in [-0.15, -0.1) is 0 Å². The maximum absolute atomic E-state index is 12.2. The molecule has 0 saturated carbocycles. The number of hydrogen-bond donors (Lipinski definition) is 2. The van der Waals surface area contributed by atoms with E-state index in [1.165, 1.54) is 0 Å². The highest BCUT2D eigenvalue weighted by atomic mass is 16.5. The van der Waals surface area contributed by atoms with Crippen LogP contribution in [-0.2, 0) is 4.79 Å². The van der Waals surface area contributed by atoms with Crippen LogP contribution in [-0.4, -0.2) is 32.2 Å². The summed E-state index contributed by atoms with van der Waals surface area (Å²) in [6.45, 7) is 2.71. The molecule has 1 saturated heterocycles. The van der Waals surface area contributed by atoms with E-state index >= 15 is 0 Å². The standard InChI is InChI=1S/C20H24N2O3/c23-20(16-5-4-12-21-15-16)22-17-8-10-19(11-9-17)25-14-13-24-18-6-2-1-3-7-18/h1-3,6-11,16,21H,4-5,12-15H2,(H,22,23). The SMILES string of the molecule is O=C(Nc1ccc(OCCOc2ccccc2)cc1)C1CCCNC1. The number of ether oxygens (including phenoxy) is 2. The Kier molecular flexibility index (Phi) is 6.29. The lowest BCUT2D eigenvalue weighted by Gasteiger charge is -2.21. The zero-order valence-electron chi connectivity index (χ0n) is 14.2. The second kappa shape index (κ2) is 9.08. The predicted molar refractivity (Wildman–Crippen MR) is 98.1 cm³/mol. The number of hydrogen-bond acceptors (Lipinski definition) is 4. The average Bonchev–Trinajstić information content (AvgIpc) is 2.68. The maximum atomic E-state index is 12.2. The summed E-state index contributed by atoms with van der Waals surface area (Å²) < 4.78 is 11.2. The van der Waals surface area contributed by atoms with Gasteiger partial charge in [0.1, 0.15) is 24.7 Å². The summed E-state index contributed by atoms with van der Waals surface area (Å²) in [6.07, 6.45) is 2.00. The Hall–Kier alpha value is -2.53. The lowest BCUT2D eigenvalue weighted by Crippen LogP contribution is -2.37. The molecular formula is C20H24N2O3. The predicted octanol–water partition coefficient (Wildman–Crippen LogP) is 3.08. The fourth-order valence-corrected chi connectivity index (χ4v) is 2.79. The van der Waals surface area contributed by atoms with Gasteiger partial charge in [0.2, 0.25) is 5.91 Å². The summed E-state index contributed by atoms with van der Waals surface area (Å²) in [7, 11) is 0. The average molecular weight is 340 g/mol. The molecule has 2 aromatic carbocycles. The summed E-state index contributed by atoms with van der Waals surface area (Å²) in [6, 6.07) is 17.1. The summed E-state index contributed by atoms with van der Waals surface area (Å²) in [4.78, 5) is 12.2. The van der Waals surface area contributed by atoms with Crippen molar-refractivity contribution >= 4 is 11.6 Å². The van der Waals surface area contributed by atoms with Gasteiger partial charge in [0.15, 0.2) is 0 Å². The van der Waals surface area contributed by atoms with E-state index in [-0.39, 0.29) is 11.8 Å². The number of benzene rings is 2. The molecule has 5 heteroatoms. The summed E-state index contributed by atoms with van der Waals surface area (Å²) >= 11 is 0. The lowest BCUT2D eigenvalue weighted by atomic mass is 9.99. The molecule has 1 amide bonds. The highest BCUT2D eigenvalue weighted by Crippen LogP contribution is 2.18. The first-order chi connectivity index (χ1) is 12.3. The van der Waals surface area contributed by atoms with Crippen LogP contribution in [0.15, 0.2) is 54.6 Å². The van der Waals surface area contributed by atoms with E-state index in [4.69, 9.17) is 9.47 Å². The van der Waals surface area contributed by atoms with E-state index < -0.39 is 0 Å². The van der Waals surface area contributed by atoms with Gasteiger partial charge in [0.25, 0.3) is 0 Å². The molecule has 132 valence electrons. The van der Waals surface area contributed by atoms with Crippen LogP contribution in [0.2, 0.25) is 0 Å². The molecule has 5 nitrogen and oxygen atoms in total. The number of amides is 1. The number of rotatable bonds is 7. The molecule has 0 aliphatic carbocycles. The van der Waals surface area contributed by atoms with Gasteiger partial charge in [0.05, 0.1) is 5.92 Å². The molecular weight excluding hydrogens is 316 g/mol. The molecule has 1 heterocycles. The topological polar surface area (TPSA) is 59.6 Å². The molecule has 0 spiro atoms. The molecule has 0 radical (unpaired) electrons. The van der Waals surface area contributed by atoms with Crippen LogP contribution in [0.3, 0.4) is 0 Å². The molecule has 1 aliphatic heterocycles. The molecule has 1 fully saturated rings. The highest BCUT2D eigenvalue weighted by Gasteiger charge is 2.20. The first-order valence-corrected chi connectivity index (χ1v) is 8.73. The summed E-state index contributed by atoms with van der Waals surface area (Å²) in [5, 5.41) is 6.23. The Labute approximate surface area is 148 Å². The quantitative estimate of drug-likeness (QED) is 0.761. The Bertz CT molecular complexity index is 652. The Morgan fingerprint density at radius 2 is 1.68 bits per heavy atom. The van der Waals surface area contributed by atoms with E-state index in [1.807, 2.05) is 54.6 Å². The number of piperidine rings is 1. The van der Waals surface area contributed by atoms with Gasteiger partial charge in [-0.2, -0.15) is 0 Å². The van der Waals surface area contributed by atoms with Crippen LogP contribution in [0.25, 0.3) is 0 Å².